The average Bonchev–Trinajstić information content (AvgIpc) is 2.53. The molecule has 0 bridgehead atoms. The smallest absolute Gasteiger partial charge is 0.337 e. The predicted octanol–water partition coefficient (Wildman–Crippen LogP) is 3.60. The molecule has 0 unspecified atom stereocenters. The van der Waals surface area contributed by atoms with Gasteiger partial charge in [-0.2, -0.15) is 0 Å². The lowest BCUT2D eigenvalue weighted by Crippen LogP contribution is -2.12. The van der Waals surface area contributed by atoms with E-state index in [0.717, 1.165) is 6.08 Å². The maximum atomic E-state index is 11.9. The van der Waals surface area contributed by atoms with Crippen molar-refractivity contribution in [3.8, 4) is 0 Å². The van der Waals surface area contributed by atoms with Gasteiger partial charge in [-0.15, -0.1) is 0 Å². The molecule has 1 amide bonds. The number of nitro groups is 1. The summed E-state index contributed by atoms with van der Waals surface area (Å²) in [6.07, 6.45) is 2.53. The number of carboxylic acid groups (broad SMARTS) is 1. The molecular formula is C16H11ClN2O5. The first-order chi connectivity index (χ1) is 11.4. The molecule has 0 atom stereocenters. The third-order valence-electron chi connectivity index (χ3n) is 2.98. The number of hydrogen-bond donors (Lipinski definition) is 2. The minimum absolute atomic E-state index is 0.0590. The van der Waals surface area contributed by atoms with Gasteiger partial charge in [0.15, 0.2) is 0 Å². The van der Waals surface area contributed by atoms with E-state index in [4.69, 9.17) is 16.7 Å². The molecule has 0 fully saturated rings. The molecule has 0 saturated carbocycles. The van der Waals surface area contributed by atoms with E-state index >= 15 is 0 Å². The molecule has 7 nitrogen and oxygen atoms in total. The predicted molar refractivity (Wildman–Crippen MR) is 89.2 cm³/mol. The number of nitrogens with zero attached hydrogens (tertiary/aromatic N) is 1. The molecule has 0 saturated heterocycles. The van der Waals surface area contributed by atoms with Crippen molar-refractivity contribution in [1.82, 2.24) is 0 Å². The van der Waals surface area contributed by atoms with E-state index < -0.39 is 16.8 Å². The zero-order valence-electron chi connectivity index (χ0n) is 12.1. The first kappa shape index (κ1) is 17.2. The summed E-state index contributed by atoms with van der Waals surface area (Å²) in [6, 6.07) is 9.75. The Hall–Kier alpha value is -3.19. The number of non-ortho nitro benzene ring substituents is 1. The van der Waals surface area contributed by atoms with E-state index in [0.29, 0.717) is 5.56 Å². The molecule has 122 valence electrons. The lowest BCUT2D eigenvalue weighted by atomic mass is 10.1. The maximum Gasteiger partial charge on any atom is 0.337 e. The van der Waals surface area contributed by atoms with E-state index in [1.807, 2.05) is 0 Å². The molecule has 2 aromatic rings. The summed E-state index contributed by atoms with van der Waals surface area (Å²) < 4.78 is 0. The van der Waals surface area contributed by atoms with Crippen molar-refractivity contribution in [2.75, 3.05) is 5.32 Å². The van der Waals surface area contributed by atoms with Gasteiger partial charge in [-0.3, -0.25) is 14.9 Å². The molecule has 0 aliphatic carbocycles. The number of hydrogen-bond acceptors (Lipinski definition) is 4. The summed E-state index contributed by atoms with van der Waals surface area (Å²) >= 11 is 5.80. The number of carbonyl (C=O) groups excluding carboxylic acids is 1. The molecule has 0 aromatic heterocycles. The van der Waals surface area contributed by atoms with Crippen LogP contribution in [0, 0.1) is 10.1 Å². The summed E-state index contributed by atoms with van der Waals surface area (Å²) in [7, 11) is 0. The number of carbonyl (C=O) groups is 2. The van der Waals surface area contributed by atoms with Gasteiger partial charge in [0.1, 0.15) is 0 Å². The summed E-state index contributed by atoms with van der Waals surface area (Å²) in [5, 5.41) is 22.5. The molecule has 2 rings (SSSR count). The minimum atomic E-state index is -1.20. The number of anilines is 1. The molecule has 0 aliphatic rings. The molecular weight excluding hydrogens is 336 g/mol. The first-order valence-corrected chi connectivity index (χ1v) is 7.01. The minimum Gasteiger partial charge on any atom is -0.478 e. The second-order valence-corrected chi connectivity index (χ2v) is 5.11. The van der Waals surface area contributed by atoms with Crippen LogP contribution in [0.1, 0.15) is 15.9 Å². The van der Waals surface area contributed by atoms with Gasteiger partial charge in [0.05, 0.1) is 16.2 Å². The van der Waals surface area contributed by atoms with Gasteiger partial charge in [-0.05, 0) is 29.8 Å². The zero-order valence-corrected chi connectivity index (χ0v) is 12.9. The fourth-order valence-electron chi connectivity index (χ4n) is 1.89. The number of rotatable bonds is 5. The van der Waals surface area contributed by atoms with Crippen LogP contribution in [0.15, 0.2) is 48.5 Å². The van der Waals surface area contributed by atoms with Crippen molar-refractivity contribution in [1.29, 1.82) is 0 Å². The molecule has 0 aliphatic heterocycles. The van der Waals surface area contributed by atoms with E-state index in [1.54, 1.807) is 6.07 Å². The Bertz CT molecular complexity index is 848. The van der Waals surface area contributed by atoms with Crippen LogP contribution in [0.25, 0.3) is 6.08 Å². The highest BCUT2D eigenvalue weighted by Crippen LogP contribution is 2.21. The van der Waals surface area contributed by atoms with Gasteiger partial charge in [0.25, 0.3) is 5.69 Å². The van der Waals surface area contributed by atoms with Crippen LogP contribution >= 0.6 is 11.6 Å². The van der Waals surface area contributed by atoms with Crippen LogP contribution in [0.4, 0.5) is 11.4 Å². The zero-order chi connectivity index (χ0) is 17.7. The summed E-state index contributed by atoms with van der Waals surface area (Å²) in [5.41, 5.74) is 0.324. The summed E-state index contributed by atoms with van der Waals surface area (Å²) in [5.74, 6) is -1.80. The van der Waals surface area contributed by atoms with Crippen molar-refractivity contribution in [3.63, 3.8) is 0 Å². The van der Waals surface area contributed by atoms with E-state index in [9.17, 15) is 19.7 Å². The second-order valence-electron chi connectivity index (χ2n) is 4.67. The van der Waals surface area contributed by atoms with Gasteiger partial charge in [0.2, 0.25) is 5.91 Å². The number of carboxylic acids is 1. The molecule has 24 heavy (non-hydrogen) atoms. The third-order valence-corrected chi connectivity index (χ3v) is 3.21. The van der Waals surface area contributed by atoms with Gasteiger partial charge in [-0.1, -0.05) is 23.7 Å². The molecule has 0 heterocycles. The average molecular weight is 347 g/mol. The van der Waals surface area contributed by atoms with Crippen LogP contribution in [-0.4, -0.2) is 21.9 Å². The lowest BCUT2D eigenvalue weighted by Gasteiger charge is -2.07. The van der Waals surface area contributed by atoms with Crippen molar-refractivity contribution >= 4 is 40.9 Å². The number of halogens is 1. The third kappa shape index (κ3) is 4.40. The number of aromatic carboxylic acids is 1. The fourth-order valence-corrected chi connectivity index (χ4v) is 2.07. The Morgan fingerprint density at radius 2 is 1.96 bits per heavy atom. The Labute approximate surface area is 141 Å². The van der Waals surface area contributed by atoms with Crippen LogP contribution in [0.5, 0.6) is 0 Å². The Balaban J connectivity index is 2.17. The standard InChI is InChI=1S/C16H11ClN2O5/c17-11-5-6-13(16(21)22)14(9-11)18-15(20)7-4-10-2-1-3-12(8-10)19(23)24/h1-9H,(H,18,20)(H,21,22). The number of benzene rings is 2. The van der Waals surface area contributed by atoms with Crippen molar-refractivity contribution < 1.29 is 19.6 Å². The summed E-state index contributed by atoms with van der Waals surface area (Å²) in [4.78, 5) is 33.2. The number of nitro benzene ring substituents is 1. The van der Waals surface area contributed by atoms with Crippen LogP contribution in [-0.2, 0) is 4.79 Å². The van der Waals surface area contributed by atoms with Gasteiger partial charge in [-0.25, -0.2) is 4.79 Å². The van der Waals surface area contributed by atoms with Crippen LogP contribution < -0.4 is 5.32 Å². The quantitative estimate of drug-likeness (QED) is 0.488. The monoisotopic (exact) mass is 346 g/mol. The Kier molecular flexibility index (Phi) is 5.28. The van der Waals surface area contributed by atoms with Crippen molar-refractivity contribution in [2.24, 2.45) is 0 Å². The van der Waals surface area contributed by atoms with E-state index in [-0.39, 0.29) is 22.0 Å². The fraction of sp³-hybridized carbons (Fsp3) is 0. The van der Waals surface area contributed by atoms with Crippen molar-refractivity contribution in [3.05, 3.63) is 74.8 Å². The van der Waals surface area contributed by atoms with Gasteiger partial charge in [0, 0.05) is 23.2 Å². The largest absolute Gasteiger partial charge is 0.478 e. The van der Waals surface area contributed by atoms with Crippen LogP contribution in [0.3, 0.4) is 0 Å². The Morgan fingerprint density at radius 1 is 1.21 bits per heavy atom. The number of nitrogens with one attached hydrogen (secondary N) is 1. The number of amides is 1. The molecule has 2 N–H and O–H groups in total. The molecule has 0 radical (unpaired) electrons. The lowest BCUT2D eigenvalue weighted by molar-refractivity contribution is -0.384. The normalized spacial score (nSPS) is 10.5. The first-order valence-electron chi connectivity index (χ1n) is 6.63. The highest BCUT2D eigenvalue weighted by atomic mass is 35.5. The summed E-state index contributed by atoms with van der Waals surface area (Å²) in [6.45, 7) is 0. The van der Waals surface area contributed by atoms with Gasteiger partial charge < -0.3 is 10.4 Å². The maximum absolute atomic E-state index is 11.9. The highest BCUT2D eigenvalue weighted by Gasteiger charge is 2.12. The van der Waals surface area contributed by atoms with E-state index in [1.165, 1.54) is 42.5 Å². The Morgan fingerprint density at radius 3 is 2.62 bits per heavy atom. The van der Waals surface area contributed by atoms with Crippen molar-refractivity contribution in [2.45, 2.75) is 0 Å². The SMILES string of the molecule is O=C(C=Cc1cccc([N+](=O)[O-])c1)Nc1cc(Cl)ccc1C(=O)O. The molecule has 0 spiro atoms. The molecule has 2 aromatic carbocycles. The van der Waals surface area contributed by atoms with E-state index in [2.05, 4.69) is 5.32 Å². The highest BCUT2D eigenvalue weighted by molar-refractivity contribution is 6.31. The molecule has 8 heteroatoms. The topological polar surface area (TPSA) is 110 Å². The van der Waals surface area contributed by atoms with Crippen LogP contribution in [0.2, 0.25) is 5.02 Å². The van der Waals surface area contributed by atoms with Gasteiger partial charge >= 0.3 is 5.97 Å². The second kappa shape index (κ2) is 7.38.